The number of benzene rings is 1. The minimum Gasteiger partial charge on any atom is -0.312 e. The topological polar surface area (TPSA) is 98.6 Å². The number of anilines is 1. The van der Waals surface area contributed by atoms with Crippen LogP contribution in [0.25, 0.3) is 11.4 Å². The first-order valence-electron chi connectivity index (χ1n) is 7.57. The summed E-state index contributed by atoms with van der Waals surface area (Å²) in [6.45, 7) is 3.68. The van der Waals surface area contributed by atoms with Crippen LogP contribution >= 0.6 is 22.9 Å². The van der Waals surface area contributed by atoms with Crippen molar-refractivity contribution in [1.82, 2.24) is 9.97 Å². The number of carbonyl (C=O) groups is 1. The Morgan fingerprint density at radius 2 is 2.00 bits per heavy atom. The number of halogens is 1. The lowest BCUT2D eigenvalue weighted by Gasteiger charge is -2.05. The summed E-state index contributed by atoms with van der Waals surface area (Å²) in [6.07, 6.45) is 1.22. The molecule has 130 valence electrons. The van der Waals surface area contributed by atoms with Crippen molar-refractivity contribution >= 4 is 33.8 Å². The van der Waals surface area contributed by atoms with E-state index in [4.69, 9.17) is 11.6 Å². The molecule has 0 spiro atoms. The van der Waals surface area contributed by atoms with E-state index in [0.717, 1.165) is 10.4 Å². The fourth-order valence-electron chi connectivity index (χ4n) is 2.33. The normalized spacial score (nSPS) is 10.4. The zero-order valence-corrected chi connectivity index (χ0v) is 15.5. The third-order valence-corrected chi connectivity index (χ3v) is 5.26. The molecule has 8 heteroatoms. The fraction of sp³-hybridized carbons (Fsp3) is 0.111. The van der Waals surface area contributed by atoms with Gasteiger partial charge in [-0.05, 0) is 43.7 Å². The first-order valence-corrected chi connectivity index (χ1v) is 8.77. The number of thiophene rings is 1. The van der Waals surface area contributed by atoms with Gasteiger partial charge in [-0.15, -0.1) is 11.3 Å². The molecule has 0 fully saturated rings. The van der Waals surface area contributed by atoms with Crippen LogP contribution in [-0.4, -0.2) is 15.9 Å². The van der Waals surface area contributed by atoms with E-state index in [1.165, 1.54) is 17.5 Å². The Morgan fingerprint density at radius 3 is 2.62 bits per heavy atom. The van der Waals surface area contributed by atoms with Gasteiger partial charge in [-0.3, -0.25) is 9.59 Å². The van der Waals surface area contributed by atoms with Gasteiger partial charge in [-0.1, -0.05) is 11.6 Å². The molecule has 3 aromatic rings. The second-order valence-corrected chi connectivity index (χ2v) is 7.20. The number of nitriles is 1. The molecule has 0 radical (unpaired) electrons. The largest absolute Gasteiger partial charge is 0.312 e. The SMILES string of the molecule is Cc1sc(NC(=O)c2cnc(-c3ccc(Cl)cc3)[nH]c2=O)c(C#N)c1C. The van der Waals surface area contributed by atoms with E-state index in [1.54, 1.807) is 24.3 Å². The predicted molar refractivity (Wildman–Crippen MR) is 102 cm³/mol. The molecule has 1 aromatic carbocycles. The highest BCUT2D eigenvalue weighted by Crippen LogP contribution is 2.31. The zero-order chi connectivity index (χ0) is 18.8. The Labute approximate surface area is 158 Å². The second kappa shape index (κ2) is 7.12. The molecule has 0 aliphatic carbocycles. The van der Waals surface area contributed by atoms with Crippen LogP contribution in [0.2, 0.25) is 5.02 Å². The number of rotatable bonds is 3. The highest BCUT2D eigenvalue weighted by molar-refractivity contribution is 7.16. The zero-order valence-electron chi connectivity index (χ0n) is 13.9. The molecule has 0 saturated heterocycles. The van der Waals surface area contributed by atoms with Gasteiger partial charge in [0, 0.05) is 21.7 Å². The van der Waals surface area contributed by atoms with E-state index in [-0.39, 0.29) is 5.56 Å². The molecule has 0 aliphatic heterocycles. The minimum atomic E-state index is -0.612. The van der Waals surface area contributed by atoms with Gasteiger partial charge in [0.05, 0.1) is 5.56 Å². The Morgan fingerprint density at radius 1 is 1.31 bits per heavy atom. The molecule has 0 bridgehead atoms. The minimum absolute atomic E-state index is 0.129. The van der Waals surface area contributed by atoms with Crippen molar-refractivity contribution in [2.45, 2.75) is 13.8 Å². The lowest BCUT2D eigenvalue weighted by molar-refractivity contribution is 0.102. The van der Waals surface area contributed by atoms with E-state index in [9.17, 15) is 14.9 Å². The van der Waals surface area contributed by atoms with E-state index >= 15 is 0 Å². The van der Waals surface area contributed by atoms with Crippen molar-refractivity contribution in [2.75, 3.05) is 5.32 Å². The molecular weight excluding hydrogens is 372 g/mol. The Kier molecular flexibility index (Phi) is 4.89. The summed E-state index contributed by atoms with van der Waals surface area (Å²) < 4.78 is 0. The highest BCUT2D eigenvalue weighted by atomic mass is 35.5. The summed E-state index contributed by atoms with van der Waals surface area (Å²) in [4.78, 5) is 32.4. The van der Waals surface area contributed by atoms with Crippen LogP contribution in [0.3, 0.4) is 0 Å². The van der Waals surface area contributed by atoms with Crippen LogP contribution in [0.5, 0.6) is 0 Å². The van der Waals surface area contributed by atoms with Gasteiger partial charge in [0.15, 0.2) is 0 Å². The third kappa shape index (κ3) is 3.38. The van der Waals surface area contributed by atoms with Crippen molar-refractivity contribution in [1.29, 1.82) is 5.26 Å². The Bertz CT molecular complexity index is 1090. The van der Waals surface area contributed by atoms with Crippen LogP contribution in [0, 0.1) is 25.2 Å². The van der Waals surface area contributed by atoms with Gasteiger partial charge >= 0.3 is 0 Å². The van der Waals surface area contributed by atoms with Crippen molar-refractivity contribution in [3.05, 3.63) is 67.4 Å². The lowest BCUT2D eigenvalue weighted by atomic mass is 10.2. The summed E-state index contributed by atoms with van der Waals surface area (Å²) in [5, 5.41) is 12.9. The quantitative estimate of drug-likeness (QED) is 0.715. The molecule has 0 saturated carbocycles. The van der Waals surface area contributed by atoms with Gasteiger partial charge in [0.2, 0.25) is 0 Å². The third-order valence-electron chi connectivity index (χ3n) is 3.89. The van der Waals surface area contributed by atoms with E-state index in [1.807, 2.05) is 13.8 Å². The van der Waals surface area contributed by atoms with Gasteiger partial charge in [0.1, 0.15) is 22.5 Å². The molecule has 26 heavy (non-hydrogen) atoms. The molecule has 0 unspecified atom stereocenters. The average molecular weight is 385 g/mol. The number of H-pyrrole nitrogens is 1. The number of nitrogens with zero attached hydrogens (tertiary/aromatic N) is 2. The first kappa shape index (κ1) is 17.9. The maximum Gasteiger partial charge on any atom is 0.264 e. The fourth-order valence-corrected chi connectivity index (χ4v) is 3.46. The number of nitrogens with one attached hydrogen (secondary N) is 2. The van der Waals surface area contributed by atoms with Crippen LogP contribution in [0.15, 0.2) is 35.3 Å². The predicted octanol–water partition coefficient (Wildman–Crippen LogP) is 3.89. The maximum atomic E-state index is 12.4. The van der Waals surface area contributed by atoms with Gasteiger partial charge in [0.25, 0.3) is 11.5 Å². The van der Waals surface area contributed by atoms with Crippen LogP contribution in [0.1, 0.15) is 26.4 Å². The lowest BCUT2D eigenvalue weighted by Crippen LogP contribution is -2.24. The summed E-state index contributed by atoms with van der Waals surface area (Å²) in [7, 11) is 0. The Hall–Kier alpha value is -2.95. The summed E-state index contributed by atoms with van der Waals surface area (Å²) >= 11 is 7.14. The van der Waals surface area contributed by atoms with Crippen molar-refractivity contribution < 1.29 is 4.79 Å². The number of aryl methyl sites for hydroxylation is 1. The van der Waals surface area contributed by atoms with Crippen molar-refractivity contribution in [3.63, 3.8) is 0 Å². The number of aromatic amines is 1. The summed E-state index contributed by atoms with van der Waals surface area (Å²) in [5.74, 6) is -0.275. The molecule has 2 heterocycles. The number of aromatic nitrogens is 2. The smallest absolute Gasteiger partial charge is 0.264 e. The number of carbonyl (C=O) groups excluding carboxylic acids is 1. The van der Waals surface area contributed by atoms with Crippen LogP contribution in [0.4, 0.5) is 5.00 Å². The average Bonchev–Trinajstić information content (AvgIpc) is 2.88. The molecule has 2 N–H and O–H groups in total. The number of hydrogen-bond acceptors (Lipinski definition) is 5. The number of hydrogen-bond donors (Lipinski definition) is 2. The first-order chi connectivity index (χ1) is 12.4. The molecule has 0 aliphatic rings. The molecule has 2 aromatic heterocycles. The Balaban J connectivity index is 1.89. The monoisotopic (exact) mass is 384 g/mol. The second-order valence-electron chi connectivity index (χ2n) is 5.53. The van der Waals surface area contributed by atoms with E-state index in [2.05, 4.69) is 21.4 Å². The molecule has 3 rings (SSSR count). The van der Waals surface area contributed by atoms with E-state index in [0.29, 0.717) is 27.0 Å². The van der Waals surface area contributed by atoms with E-state index < -0.39 is 11.5 Å². The maximum absolute atomic E-state index is 12.4. The van der Waals surface area contributed by atoms with Gasteiger partial charge in [-0.25, -0.2) is 4.98 Å². The molecule has 6 nitrogen and oxygen atoms in total. The van der Waals surface area contributed by atoms with Crippen LogP contribution in [-0.2, 0) is 0 Å². The summed E-state index contributed by atoms with van der Waals surface area (Å²) in [6, 6.07) is 8.88. The van der Waals surface area contributed by atoms with Gasteiger partial charge < -0.3 is 10.3 Å². The van der Waals surface area contributed by atoms with Crippen molar-refractivity contribution in [2.24, 2.45) is 0 Å². The van der Waals surface area contributed by atoms with Gasteiger partial charge in [-0.2, -0.15) is 5.26 Å². The standard InChI is InChI=1S/C18H13ClN4O2S/c1-9-10(2)26-18(13(9)7-20)23-17(25)14-8-21-15(22-16(14)24)11-3-5-12(19)6-4-11/h3-6,8H,1-2H3,(H,23,25)(H,21,22,24). The molecule has 1 amide bonds. The van der Waals surface area contributed by atoms with Crippen LogP contribution < -0.4 is 10.9 Å². The van der Waals surface area contributed by atoms with Crippen molar-refractivity contribution in [3.8, 4) is 17.5 Å². The summed E-state index contributed by atoms with van der Waals surface area (Å²) in [5.41, 5.74) is 1.21. The highest BCUT2D eigenvalue weighted by Gasteiger charge is 2.18. The number of amides is 1. The molecule has 0 atom stereocenters. The molecular formula is C18H13ClN4O2S.